The standard InChI is InChI=1S/C21H26N2O8/c1-13(24)23-18(10-20(28)22(23)11-17-8-6-5-7-9-17)21(31-16(4)27)19(30-15(3)26)12-29-14(2)25/h5-9,18-19,21H,10-12H2,1-4H3/t18-,19+,21-/m0/s1. The van der Waals surface area contributed by atoms with Gasteiger partial charge < -0.3 is 14.2 Å². The second kappa shape index (κ2) is 10.6. The monoisotopic (exact) mass is 434 g/mol. The molecule has 10 heteroatoms. The van der Waals surface area contributed by atoms with Gasteiger partial charge in [-0.15, -0.1) is 0 Å². The number of esters is 3. The molecular weight excluding hydrogens is 408 g/mol. The Bertz CT molecular complexity index is 841. The van der Waals surface area contributed by atoms with Crippen LogP contribution in [0.4, 0.5) is 0 Å². The summed E-state index contributed by atoms with van der Waals surface area (Å²) in [7, 11) is 0. The fourth-order valence-electron chi connectivity index (χ4n) is 3.45. The fraction of sp³-hybridized carbons (Fsp3) is 0.476. The Morgan fingerprint density at radius 3 is 2.10 bits per heavy atom. The third-order valence-electron chi connectivity index (χ3n) is 4.56. The van der Waals surface area contributed by atoms with Crippen LogP contribution in [0.5, 0.6) is 0 Å². The lowest BCUT2D eigenvalue weighted by Gasteiger charge is -2.36. The molecule has 0 aliphatic carbocycles. The van der Waals surface area contributed by atoms with Crippen molar-refractivity contribution in [3.8, 4) is 0 Å². The molecule has 0 bridgehead atoms. The van der Waals surface area contributed by atoms with E-state index in [0.29, 0.717) is 0 Å². The van der Waals surface area contributed by atoms with Crippen LogP contribution in [0.1, 0.15) is 39.7 Å². The molecule has 1 aromatic carbocycles. The molecule has 1 aliphatic heterocycles. The summed E-state index contributed by atoms with van der Waals surface area (Å²) in [5, 5.41) is 2.47. The van der Waals surface area contributed by atoms with Crippen LogP contribution in [0.2, 0.25) is 0 Å². The highest BCUT2D eigenvalue weighted by atomic mass is 16.6. The summed E-state index contributed by atoms with van der Waals surface area (Å²) in [6, 6.07) is 8.12. The Hall–Kier alpha value is -3.43. The van der Waals surface area contributed by atoms with E-state index < -0.39 is 48.7 Å². The molecule has 1 heterocycles. The first kappa shape index (κ1) is 23.8. The number of hydrazine groups is 1. The van der Waals surface area contributed by atoms with Gasteiger partial charge in [0.1, 0.15) is 12.6 Å². The van der Waals surface area contributed by atoms with Crippen LogP contribution >= 0.6 is 0 Å². The van der Waals surface area contributed by atoms with Crippen LogP contribution in [0.25, 0.3) is 0 Å². The number of benzene rings is 1. The average molecular weight is 434 g/mol. The molecule has 0 unspecified atom stereocenters. The molecule has 0 N–H and O–H groups in total. The zero-order valence-corrected chi connectivity index (χ0v) is 17.9. The molecule has 1 aliphatic rings. The predicted octanol–water partition coefficient (Wildman–Crippen LogP) is 0.977. The highest BCUT2D eigenvalue weighted by Gasteiger charge is 2.48. The third kappa shape index (κ3) is 6.53. The van der Waals surface area contributed by atoms with Crippen LogP contribution in [0.3, 0.4) is 0 Å². The molecule has 1 aromatic rings. The van der Waals surface area contributed by atoms with E-state index in [9.17, 15) is 24.0 Å². The minimum absolute atomic E-state index is 0.130. The highest BCUT2D eigenvalue weighted by molar-refractivity contribution is 5.85. The molecule has 0 spiro atoms. The number of rotatable bonds is 8. The number of nitrogens with zero attached hydrogens (tertiary/aromatic N) is 2. The second-order valence-corrected chi connectivity index (χ2v) is 7.10. The van der Waals surface area contributed by atoms with Gasteiger partial charge in [-0.2, -0.15) is 0 Å². The van der Waals surface area contributed by atoms with Crippen molar-refractivity contribution >= 4 is 29.7 Å². The van der Waals surface area contributed by atoms with Crippen molar-refractivity contribution in [2.24, 2.45) is 0 Å². The van der Waals surface area contributed by atoms with Gasteiger partial charge in [0, 0.05) is 27.7 Å². The number of ether oxygens (including phenoxy) is 3. The van der Waals surface area contributed by atoms with Crippen molar-refractivity contribution < 1.29 is 38.2 Å². The van der Waals surface area contributed by atoms with Crippen LogP contribution in [0, 0.1) is 0 Å². The van der Waals surface area contributed by atoms with Gasteiger partial charge >= 0.3 is 17.9 Å². The first-order chi connectivity index (χ1) is 14.6. The van der Waals surface area contributed by atoms with Crippen LogP contribution in [-0.4, -0.2) is 64.6 Å². The Labute approximate surface area is 180 Å². The molecule has 0 radical (unpaired) electrons. The van der Waals surface area contributed by atoms with Crippen molar-refractivity contribution in [2.75, 3.05) is 6.61 Å². The summed E-state index contributed by atoms with van der Waals surface area (Å²) < 4.78 is 15.6. The van der Waals surface area contributed by atoms with Gasteiger partial charge in [-0.05, 0) is 5.56 Å². The van der Waals surface area contributed by atoms with Crippen molar-refractivity contribution in [1.82, 2.24) is 10.0 Å². The molecular formula is C21H26N2O8. The molecule has 0 aromatic heterocycles. The summed E-state index contributed by atoms with van der Waals surface area (Å²) in [5.74, 6) is -2.86. The molecule has 2 amide bonds. The Morgan fingerprint density at radius 1 is 0.968 bits per heavy atom. The average Bonchev–Trinajstić information content (AvgIpc) is 3.00. The summed E-state index contributed by atoms with van der Waals surface area (Å²) in [6.07, 6.45) is -2.60. The summed E-state index contributed by atoms with van der Waals surface area (Å²) >= 11 is 0. The first-order valence-electron chi connectivity index (χ1n) is 9.72. The third-order valence-corrected chi connectivity index (χ3v) is 4.56. The zero-order chi connectivity index (χ0) is 23.1. The van der Waals surface area contributed by atoms with Gasteiger partial charge in [0.25, 0.3) is 0 Å². The highest BCUT2D eigenvalue weighted by Crippen LogP contribution is 2.29. The number of hydrogen-bond acceptors (Lipinski definition) is 8. The van der Waals surface area contributed by atoms with Gasteiger partial charge in [-0.1, -0.05) is 30.3 Å². The van der Waals surface area contributed by atoms with Crippen molar-refractivity contribution in [2.45, 2.75) is 58.9 Å². The maximum Gasteiger partial charge on any atom is 0.303 e. The molecule has 1 fully saturated rings. The van der Waals surface area contributed by atoms with Gasteiger partial charge in [0.05, 0.1) is 13.0 Å². The maximum atomic E-state index is 12.8. The minimum atomic E-state index is -1.23. The van der Waals surface area contributed by atoms with Crippen molar-refractivity contribution in [1.29, 1.82) is 0 Å². The van der Waals surface area contributed by atoms with E-state index in [4.69, 9.17) is 14.2 Å². The Morgan fingerprint density at radius 2 is 1.58 bits per heavy atom. The molecule has 3 atom stereocenters. The summed E-state index contributed by atoms with van der Waals surface area (Å²) in [6.45, 7) is 4.48. The fourth-order valence-corrected chi connectivity index (χ4v) is 3.45. The molecule has 1 saturated heterocycles. The lowest BCUT2D eigenvalue weighted by molar-refractivity contribution is -0.185. The van der Waals surface area contributed by atoms with E-state index in [2.05, 4.69) is 0 Å². The summed E-state index contributed by atoms with van der Waals surface area (Å²) in [4.78, 5) is 60.0. The van der Waals surface area contributed by atoms with Crippen molar-refractivity contribution in [3.05, 3.63) is 35.9 Å². The van der Waals surface area contributed by atoms with Gasteiger partial charge in [0.2, 0.25) is 11.8 Å². The molecule has 0 saturated carbocycles. The van der Waals surface area contributed by atoms with E-state index in [-0.39, 0.29) is 18.9 Å². The topological polar surface area (TPSA) is 120 Å². The number of carbonyl (C=O) groups is 5. The number of carbonyl (C=O) groups excluding carboxylic acids is 5. The second-order valence-electron chi connectivity index (χ2n) is 7.10. The number of hydrogen-bond donors (Lipinski definition) is 0. The van der Waals surface area contributed by atoms with Gasteiger partial charge in [0.15, 0.2) is 12.2 Å². The van der Waals surface area contributed by atoms with Crippen molar-refractivity contribution in [3.63, 3.8) is 0 Å². The Kier molecular flexibility index (Phi) is 8.12. The van der Waals surface area contributed by atoms with Crippen LogP contribution < -0.4 is 0 Å². The van der Waals surface area contributed by atoms with E-state index in [1.54, 1.807) is 0 Å². The van der Waals surface area contributed by atoms with E-state index in [1.807, 2.05) is 30.3 Å². The molecule has 31 heavy (non-hydrogen) atoms. The maximum absolute atomic E-state index is 12.8. The van der Waals surface area contributed by atoms with Gasteiger partial charge in [-0.25, -0.2) is 10.0 Å². The molecule has 168 valence electrons. The summed E-state index contributed by atoms with van der Waals surface area (Å²) in [5.41, 5.74) is 0.795. The lowest BCUT2D eigenvalue weighted by atomic mass is 10.0. The minimum Gasteiger partial charge on any atom is -0.462 e. The van der Waals surface area contributed by atoms with Crippen LogP contribution in [-0.2, 0) is 44.7 Å². The Balaban J connectivity index is 2.38. The predicted molar refractivity (Wildman–Crippen MR) is 106 cm³/mol. The zero-order valence-electron chi connectivity index (χ0n) is 17.9. The van der Waals surface area contributed by atoms with E-state index in [1.165, 1.54) is 23.9 Å². The van der Waals surface area contributed by atoms with E-state index in [0.717, 1.165) is 19.4 Å². The smallest absolute Gasteiger partial charge is 0.303 e. The normalized spacial score (nSPS) is 17.7. The first-order valence-corrected chi connectivity index (χ1v) is 9.72. The molecule has 10 nitrogen and oxygen atoms in total. The van der Waals surface area contributed by atoms with E-state index >= 15 is 0 Å². The quantitative estimate of drug-likeness (QED) is 0.439. The number of amides is 2. The molecule has 2 rings (SSSR count). The largest absolute Gasteiger partial charge is 0.462 e. The lowest BCUT2D eigenvalue weighted by Crippen LogP contribution is -2.54. The SMILES string of the molecule is CC(=O)OC[C@@H](OC(C)=O)[C@@H](OC(C)=O)[C@@H]1CC(=O)N(Cc2ccccc2)N1C(C)=O. The van der Waals surface area contributed by atoms with Gasteiger partial charge in [-0.3, -0.25) is 24.0 Å². The van der Waals surface area contributed by atoms with Crippen LogP contribution in [0.15, 0.2) is 30.3 Å².